The lowest BCUT2D eigenvalue weighted by Crippen LogP contribution is -2.19. The van der Waals surface area contributed by atoms with Gasteiger partial charge >= 0.3 is 0 Å². The van der Waals surface area contributed by atoms with Crippen LogP contribution in [0.5, 0.6) is 5.88 Å². The zero-order chi connectivity index (χ0) is 12.3. The van der Waals surface area contributed by atoms with Crippen molar-refractivity contribution in [1.29, 1.82) is 0 Å². The van der Waals surface area contributed by atoms with Gasteiger partial charge in [0, 0.05) is 7.11 Å². The standard InChI is InChI=1S/C9H11N5O3/c1-16-3-5(15)12-9-13-7-6(10-4-11-7)8(14-9)17-2/h4H,3H2,1-2H3,(H2,10,11,12,13,14,15). The molecule has 1 amide bonds. The van der Waals surface area contributed by atoms with E-state index >= 15 is 0 Å². The number of carbonyl (C=O) groups is 1. The number of nitrogens with one attached hydrogen (secondary N) is 2. The van der Waals surface area contributed by atoms with Crippen molar-refractivity contribution >= 4 is 23.0 Å². The summed E-state index contributed by atoms with van der Waals surface area (Å²) in [7, 11) is 2.90. The number of anilines is 1. The van der Waals surface area contributed by atoms with E-state index in [1.165, 1.54) is 20.5 Å². The maximum absolute atomic E-state index is 11.3. The summed E-state index contributed by atoms with van der Waals surface area (Å²) in [6.07, 6.45) is 1.47. The lowest BCUT2D eigenvalue weighted by atomic mass is 10.5. The molecule has 90 valence electrons. The smallest absolute Gasteiger partial charge is 0.252 e. The van der Waals surface area contributed by atoms with Crippen LogP contribution in [-0.2, 0) is 9.53 Å². The van der Waals surface area contributed by atoms with E-state index in [1.54, 1.807) is 0 Å². The van der Waals surface area contributed by atoms with Gasteiger partial charge in [0.1, 0.15) is 12.1 Å². The summed E-state index contributed by atoms with van der Waals surface area (Å²) < 4.78 is 9.75. The summed E-state index contributed by atoms with van der Waals surface area (Å²) in [6, 6.07) is 0. The zero-order valence-electron chi connectivity index (χ0n) is 9.35. The van der Waals surface area contributed by atoms with Crippen LogP contribution < -0.4 is 10.1 Å². The number of ether oxygens (including phenoxy) is 2. The monoisotopic (exact) mass is 237 g/mol. The van der Waals surface area contributed by atoms with E-state index in [0.29, 0.717) is 17.0 Å². The molecule has 0 fully saturated rings. The fourth-order valence-electron chi connectivity index (χ4n) is 1.30. The van der Waals surface area contributed by atoms with Crippen LogP contribution in [0.1, 0.15) is 0 Å². The van der Waals surface area contributed by atoms with Crippen LogP contribution in [0.2, 0.25) is 0 Å². The number of nitrogens with zero attached hydrogens (tertiary/aromatic N) is 3. The minimum atomic E-state index is -0.343. The first kappa shape index (κ1) is 11.3. The van der Waals surface area contributed by atoms with Crippen molar-refractivity contribution in [1.82, 2.24) is 19.9 Å². The van der Waals surface area contributed by atoms with Crippen molar-refractivity contribution in [3.05, 3.63) is 6.33 Å². The Morgan fingerprint density at radius 2 is 2.29 bits per heavy atom. The summed E-state index contributed by atoms with van der Waals surface area (Å²) in [5.74, 6) is 0.105. The van der Waals surface area contributed by atoms with Gasteiger partial charge in [-0.1, -0.05) is 0 Å². The van der Waals surface area contributed by atoms with Crippen LogP contribution in [0.3, 0.4) is 0 Å². The topological polar surface area (TPSA) is 102 Å². The predicted octanol–water partition coefficient (Wildman–Crippen LogP) is -0.0536. The third-order valence-corrected chi connectivity index (χ3v) is 1.97. The van der Waals surface area contributed by atoms with Gasteiger partial charge < -0.3 is 14.5 Å². The summed E-state index contributed by atoms with van der Waals surface area (Å²) in [5, 5.41) is 2.48. The Labute approximate surface area is 96.4 Å². The molecule has 8 heteroatoms. The Balaban J connectivity index is 2.31. The van der Waals surface area contributed by atoms with E-state index in [2.05, 4.69) is 30.0 Å². The van der Waals surface area contributed by atoms with Gasteiger partial charge in [-0.15, -0.1) is 0 Å². The second-order valence-corrected chi connectivity index (χ2v) is 3.14. The molecule has 2 N–H and O–H groups in total. The average Bonchev–Trinajstić information content (AvgIpc) is 2.76. The van der Waals surface area contributed by atoms with Crippen LogP contribution in [0.4, 0.5) is 5.95 Å². The van der Waals surface area contributed by atoms with E-state index in [1.807, 2.05) is 0 Å². The molecule has 17 heavy (non-hydrogen) atoms. The van der Waals surface area contributed by atoms with Crippen LogP contribution in [0.25, 0.3) is 11.2 Å². The number of amides is 1. The lowest BCUT2D eigenvalue weighted by Gasteiger charge is -2.05. The van der Waals surface area contributed by atoms with Crippen molar-refractivity contribution in [2.75, 3.05) is 26.1 Å². The Morgan fingerprint density at radius 1 is 1.47 bits per heavy atom. The lowest BCUT2D eigenvalue weighted by molar-refractivity contribution is -0.119. The molecule has 2 rings (SSSR count). The molecule has 0 saturated carbocycles. The summed E-state index contributed by atoms with van der Waals surface area (Å²) in [4.78, 5) is 26.2. The average molecular weight is 237 g/mol. The third-order valence-electron chi connectivity index (χ3n) is 1.97. The number of fused-ring (bicyclic) bond motifs is 1. The van der Waals surface area contributed by atoms with Gasteiger partial charge in [-0.3, -0.25) is 10.1 Å². The highest BCUT2D eigenvalue weighted by Crippen LogP contribution is 2.19. The number of hydrogen-bond donors (Lipinski definition) is 2. The SMILES string of the molecule is COCC(=O)Nc1nc(OC)c2[nH]cnc2n1. The second-order valence-electron chi connectivity index (χ2n) is 3.14. The van der Waals surface area contributed by atoms with Gasteiger partial charge in [-0.25, -0.2) is 4.98 Å². The number of hydrogen-bond acceptors (Lipinski definition) is 6. The molecule has 2 heterocycles. The molecule has 0 radical (unpaired) electrons. The number of carbonyl (C=O) groups excluding carboxylic acids is 1. The van der Waals surface area contributed by atoms with E-state index in [4.69, 9.17) is 4.74 Å². The normalized spacial score (nSPS) is 10.5. The van der Waals surface area contributed by atoms with Gasteiger partial charge in [0.25, 0.3) is 5.91 Å². The Hall–Kier alpha value is -2.22. The first-order chi connectivity index (χ1) is 8.24. The van der Waals surface area contributed by atoms with E-state index in [-0.39, 0.29) is 18.5 Å². The number of imidazole rings is 1. The minimum Gasteiger partial charge on any atom is -0.479 e. The van der Waals surface area contributed by atoms with Gasteiger partial charge in [-0.05, 0) is 0 Å². The Bertz CT molecular complexity index is 538. The predicted molar refractivity (Wildman–Crippen MR) is 58.7 cm³/mol. The van der Waals surface area contributed by atoms with Gasteiger partial charge in [-0.2, -0.15) is 9.97 Å². The molecule has 0 unspecified atom stereocenters. The first-order valence-corrected chi connectivity index (χ1v) is 4.78. The molecular formula is C9H11N5O3. The van der Waals surface area contributed by atoms with E-state index in [9.17, 15) is 4.79 Å². The third kappa shape index (κ3) is 2.31. The molecule has 0 aromatic carbocycles. The van der Waals surface area contributed by atoms with Crippen molar-refractivity contribution in [3.8, 4) is 5.88 Å². The highest BCUT2D eigenvalue weighted by atomic mass is 16.5. The highest BCUT2D eigenvalue weighted by Gasteiger charge is 2.11. The molecular weight excluding hydrogens is 226 g/mol. The minimum absolute atomic E-state index is 0.0652. The quantitative estimate of drug-likeness (QED) is 0.772. The summed E-state index contributed by atoms with van der Waals surface area (Å²) in [5.41, 5.74) is 1.00. The first-order valence-electron chi connectivity index (χ1n) is 4.78. The molecule has 0 aliphatic rings. The number of rotatable bonds is 4. The maximum Gasteiger partial charge on any atom is 0.252 e. The number of aromatic amines is 1. The second kappa shape index (κ2) is 4.74. The van der Waals surface area contributed by atoms with Gasteiger partial charge in [0.15, 0.2) is 5.65 Å². The fraction of sp³-hybridized carbons (Fsp3) is 0.333. The molecule has 2 aromatic rings. The summed E-state index contributed by atoms with van der Waals surface area (Å²) >= 11 is 0. The van der Waals surface area contributed by atoms with E-state index < -0.39 is 0 Å². The van der Waals surface area contributed by atoms with Crippen molar-refractivity contribution in [3.63, 3.8) is 0 Å². The largest absolute Gasteiger partial charge is 0.479 e. The van der Waals surface area contributed by atoms with Crippen LogP contribution in [0, 0.1) is 0 Å². The van der Waals surface area contributed by atoms with Crippen LogP contribution >= 0.6 is 0 Å². The molecule has 2 aromatic heterocycles. The zero-order valence-corrected chi connectivity index (χ0v) is 9.35. The van der Waals surface area contributed by atoms with Crippen molar-refractivity contribution < 1.29 is 14.3 Å². The maximum atomic E-state index is 11.3. The number of aromatic nitrogens is 4. The van der Waals surface area contributed by atoms with Crippen LogP contribution in [0.15, 0.2) is 6.33 Å². The Morgan fingerprint density at radius 3 is 3.00 bits per heavy atom. The Kier molecular flexibility index (Phi) is 3.15. The van der Waals surface area contributed by atoms with Crippen molar-refractivity contribution in [2.45, 2.75) is 0 Å². The molecule has 0 spiro atoms. The molecule has 0 saturated heterocycles. The molecule has 0 aliphatic carbocycles. The number of H-pyrrole nitrogens is 1. The fourth-order valence-corrected chi connectivity index (χ4v) is 1.30. The molecule has 0 bridgehead atoms. The van der Waals surface area contributed by atoms with Crippen molar-refractivity contribution in [2.24, 2.45) is 0 Å². The van der Waals surface area contributed by atoms with Crippen LogP contribution in [-0.4, -0.2) is 46.7 Å². The highest BCUT2D eigenvalue weighted by molar-refractivity contribution is 5.91. The molecule has 0 aliphatic heterocycles. The van der Waals surface area contributed by atoms with E-state index in [0.717, 1.165) is 0 Å². The van der Waals surface area contributed by atoms with Gasteiger partial charge in [0.05, 0.1) is 13.4 Å². The number of methoxy groups -OCH3 is 2. The van der Waals surface area contributed by atoms with Gasteiger partial charge in [0.2, 0.25) is 11.8 Å². The molecule has 0 atom stereocenters. The summed E-state index contributed by atoms with van der Waals surface area (Å²) in [6.45, 7) is -0.0652. The molecule has 8 nitrogen and oxygen atoms in total.